The maximum atomic E-state index is 2.38. The monoisotopic (exact) mass is 286 g/mol. The number of hydrogen-bond acceptors (Lipinski definition) is 0. The topological polar surface area (TPSA) is 0 Å². The van der Waals surface area contributed by atoms with Gasteiger partial charge in [0, 0.05) is 0 Å². The van der Waals surface area contributed by atoms with Crippen molar-refractivity contribution in [3.63, 3.8) is 0 Å². The maximum absolute atomic E-state index is 2.38. The normalized spacial score (nSPS) is 20.6. The van der Waals surface area contributed by atoms with Gasteiger partial charge in [-0.2, -0.15) is 5.57 Å². The molecular weight excluding hydrogens is 254 g/mol. The Bertz CT molecular complexity index is 402. The van der Waals surface area contributed by atoms with Crippen molar-refractivity contribution in [3.8, 4) is 0 Å². The molecule has 114 valence electrons. The fourth-order valence-electron chi connectivity index (χ4n) is 2.62. The van der Waals surface area contributed by atoms with Crippen molar-refractivity contribution in [3.05, 3.63) is 47.3 Å². The first-order chi connectivity index (χ1) is 9.47. The number of allylic oxidation sites excluding steroid dienone is 6. The second kappa shape index (κ2) is 12.6. The number of rotatable bonds is 6. The Morgan fingerprint density at radius 3 is 1.95 bits per heavy atom. The molecule has 0 radical (unpaired) electrons. The molecular formula is C20H32Li2. The Balaban J connectivity index is 0. The fraction of sp³-hybridized carbons (Fsp3) is 0.600. The molecule has 0 aromatic carbocycles. The zero-order valence-electron chi connectivity index (χ0n) is 16.3. The van der Waals surface area contributed by atoms with Crippen molar-refractivity contribution in [1.82, 2.24) is 0 Å². The van der Waals surface area contributed by atoms with Crippen LogP contribution in [0.3, 0.4) is 0 Å². The minimum atomic E-state index is 0. The molecule has 0 saturated heterocycles. The SMILES string of the molecule is CCC(C)C/C(C)=C1\C=C[CH-]/C(=C(/C)CC(C)CC)[CH-]1.[Li+].[Li+]. The van der Waals surface area contributed by atoms with Gasteiger partial charge in [0.2, 0.25) is 0 Å². The van der Waals surface area contributed by atoms with Gasteiger partial charge in [-0.05, 0) is 19.3 Å². The molecule has 0 aromatic rings. The van der Waals surface area contributed by atoms with Gasteiger partial charge in [0.1, 0.15) is 0 Å². The average molecular weight is 286 g/mol. The molecule has 2 atom stereocenters. The molecule has 2 unspecified atom stereocenters. The van der Waals surface area contributed by atoms with E-state index in [9.17, 15) is 0 Å². The molecule has 0 fully saturated rings. The molecule has 0 spiro atoms. The minimum Gasteiger partial charge on any atom is -0.273 e. The molecule has 0 N–H and O–H groups in total. The van der Waals surface area contributed by atoms with Crippen LogP contribution in [0.5, 0.6) is 0 Å². The van der Waals surface area contributed by atoms with Gasteiger partial charge in [0.05, 0.1) is 0 Å². The van der Waals surface area contributed by atoms with Crippen LogP contribution in [0.1, 0.15) is 67.2 Å². The first kappa shape index (κ1) is 24.4. The van der Waals surface area contributed by atoms with E-state index >= 15 is 0 Å². The molecule has 0 aliphatic heterocycles. The van der Waals surface area contributed by atoms with Gasteiger partial charge in [-0.15, -0.1) is 12.5 Å². The zero-order valence-corrected chi connectivity index (χ0v) is 16.3. The summed E-state index contributed by atoms with van der Waals surface area (Å²) in [6.07, 6.45) is 14.1. The van der Waals surface area contributed by atoms with Gasteiger partial charge in [-0.25, -0.2) is 30.6 Å². The smallest absolute Gasteiger partial charge is 0.273 e. The molecule has 0 saturated carbocycles. The van der Waals surface area contributed by atoms with E-state index in [4.69, 9.17) is 0 Å². The van der Waals surface area contributed by atoms with E-state index in [1.807, 2.05) is 0 Å². The Kier molecular flexibility index (Phi) is 13.9. The first-order valence-electron chi connectivity index (χ1n) is 8.23. The summed E-state index contributed by atoms with van der Waals surface area (Å²) < 4.78 is 0. The van der Waals surface area contributed by atoms with E-state index in [1.165, 1.54) is 48.0 Å². The van der Waals surface area contributed by atoms with E-state index in [0.29, 0.717) is 0 Å². The molecule has 1 aliphatic rings. The summed E-state index contributed by atoms with van der Waals surface area (Å²) in [6, 6.07) is 0. The molecule has 1 rings (SSSR count). The first-order valence-corrected chi connectivity index (χ1v) is 8.23. The van der Waals surface area contributed by atoms with Gasteiger partial charge in [-0.1, -0.05) is 52.9 Å². The van der Waals surface area contributed by atoms with Crippen LogP contribution in [0.4, 0.5) is 0 Å². The van der Waals surface area contributed by atoms with Crippen LogP contribution in [0.15, 0.2) is 34.4 Å². The van der Waals surface area contributed by atoms with Crippen molar-refractivity contribution in [2.24, 2.45) is 11.8 Å². The van der Waals surface area contributed by atoms with Crippen LogP contribution in [0.2, 0.25) is 0 Å². The zero-order chi connectivity index (χ0) is 15.1. The van der Waals surface area contributed by atoms with Crippen LogP contribution in [-0.4, -0.2) is 0 Å². The van der Waals surface area contributed by atoms with Gasteiger partial charge in [0.15, 0.2) is 0 Å². The molecule has 0 bridgehead atoms. The van der Waals surface area contributed by atoms with Crippen molar-refractivity contribution in [2.75, 3.05) is 0 Å². The summed E-state index contributed by atoms with van der Waals surface area (Å²) in [4.78, 5) is 0. The Morgan fingerprint density at radius 1 is 0.955 bits per heavy atom. The summed E-state index contributed by atoms with van der Waals surface area (Å²) in [5.74, 6) is 1.56. The van der Waals surface area contributed by atoms with Gasteiger partial charge < -0.3 is 0 Å². The minimum absolute atomic E-state index is 0. The molecule has 0 aromatic heterocycles. The van der Waals surface area contributed by atoms with Crippen LogP contribution >= 0.6 is 0 Å². The largest absolute Gasteiger partial charge is 1.00 e. The fourth-order valence-corrected chi connectivity index (χ4v) is 2.62. The van der Waals surface area contributed by atoms with E-state index < -0.39 is 0 Å². The van der Waals surface area contributed by atoms with Gasteiger partial charge in [-0.3, -0.25) is 5.57 Å². The third-order valence-electron chi connectivity index (χ3n) is 4.55. The van der Waals surface area contributed by atoms with Crippen LogP contribution in [0, 0.1) is 24.7 Å². The Labute approximate surface area is 163 Å². The maximum Gasteiger partial charge on any atom is 1.00 e. The van der Waals surface area contributed by atoms with E-state index in [2.05, 4.69) is 66.5 Å². The summed E-state index contributed by atoms with van der Waals surface area (Å²) in [7, 11) is 0. The van der Waals surface area contributed by atoms with Crippen molar-refractivity contribution < 1.29 is 37.7 Å². The summed E-state index contributed by atoms with van der Waals surface area (Å²) in [5, 5.41) is 0. The Morgan fingerprint density at radius 2 is 1.45 bits per heavy atom. The summed E-state index contributed by atoms with van der Waals surface area (Å²) in [6.45, 7) is 13.8. The van der Waals surface area contributed by atoms with Crippen molar-refractivity contribution >= 4 is 0 Å². The van der Waals surface area contributed by atoms with E-state index in [0.717, 1.165) is 11.8 Å². The summed E-state index contributed by atoms with van der Waals surface area (Å²) in [5.41, 5.74) is 5.90. The van der Waals surface area contributed by atoms with Crippen LogP contribution < -0.4 is 37.7 Å². The second-order valence-corrected chi connectivity index (χ2v) is 6.58. The van der Waals surface area contributed by atoms with Crippen molar-refractivity contribution in [1.29, 1.82) is 0 Å². The quantitative estimate of drug-likeness (QED) is 0.492. The summed E-state index contributed by atoms with van der Waals surface area (Å²) >= 11 is 0. The third kappa shape index (κ3) is 8.13. The third-order valence-corrected chi connectivity index (χ3v) is 4.55. The van der Waals surface area contributed by atoms with Crippen molar-refractivity contribution in [2.45, 2.75) is 67.2 Å². The number of hydrogen-bond donors (Lipinski definition) is 0. The van der Waals surface area contributed by atoms with Crippen LogP contribution in [0.25, 0.3) is 0 Å². The molecule has 22 heavy (non-hydrogen) atoms. The van der Waals surface area contributed by atoms with Gasteiger partial charge >= 0.3 is 37.7 Å². The van der Waals surface area contributed by atoms with Crippen LogP contribution in [-0.2, 0) is 0 Å². The van der Waals surface area contributed by atoms with Gasteiger partial charge in [0.25, 0.3) is 0 Å². The standard InChI is InChI=1S/C20H32.2Li/c1-7-15(3)12-17(5)19-10-9-11-20(14-19)18(6)13-16(4)8-2;;/h9-11,14-16H,7-8,12-13H2,1-6H3;;/q-2;2*+1/b19-17+,20-18+;;. The predicted molar refractivity (Wildman–Crippen MR) is 91.3 cm³/mol. The molecule has 0 amide bonds. The molecule has 1 aliphatic carbocycles. The predicted octanol–water partition coefficient (Wildman–Crippen LogP) is 0.478. The van der Waals surface area contributed by atoms with E-state index in [1.54, 1.807) is 0 Å². The molecule has 0 heterocycles. The average Bonchev–Trinajstić information content (AvgIpc) is 2.46. The molecule has 2 heteroatoms. The van der Waals surface area contributed by atoms with E-state index in [-0.39, 0.29) is 37.7 Å². The Hall–Kier alpha value is 0.155. The molecule has 0 nitrogen and oxygen atoms in total. The second-order valence-electron chi connectivity index (χ2n) is 6.58.